The van der Waals surface area contributed by atoms with E-state index >= 15 is 0 Å². The first-order chi connectivity index (χ1) is 8.72. The zero-order valence-electron chi connectivity index (χ0n) is 10.0. The van der Waals surface area contributed by atoms with Gasteiger partial charge in [0.1, 0.15) is 11.5 Å². The van der Waals surface area contributed by atoms with Crippen molar-refractivity contribution in [2.45, 2.75) is 24.5 Å². The van der Waals surface area contributed by atoms with E-state index in [0.29, 0.717) is 30.7 Å². The standard InChI is InChI=1S/C12H17F2NO2S/c1-2-16-7-3-6-15-8-10-4-5-11(17-10)9-18-12(13)14/h2,4-5,12,15H,1,3,6-9H2. The number of halogens is 2. The number of hydrogen-bond acceptors (Lipinski definition) is 4. The number of rotatable bonds is 10. The van der Waals surface area contributed by atoms with Gasteiger partial charge in [0.15, 0.2) is 0 Å². The molecule has 1 rings (SSSR count). The van der Waals surface area contributed by atoms with E-state index < -0.39 is 5.76 Å². The van der Waals surface area contributed by atoms with Crippen molar-refractivity contribution in [3.05, 3.63) is 36.5 Å². The van der Waals surface area contributed by atoms with Crippen LogP contribution in [-0.4, -0.2) is 18.9 Å². The molecule has 3 nitrogen and oxygen atoms in total. The first-order valence-corrected chi connectivity index (χ1v) is 6.68. The summed E-state index contributed by atoms with van der Waals surface area (Å²) in [6.45, 7) is 5.47. The van der Waals surface area contributed by atoms with Crippen molar-refractivity contribution in [2.24, 2.45) is 0 Å². The lowest BCUT2D eigenvalue weighted by Crippen LogP contribution is -2.15. The van der Waals surface area contributed by atoms with E-state index in [1.165, 1.54) is 6.26 Å². The summed E-state index contributed by atoms with van der Waals surface area (Å²) in [5.74, 6) is -0.830. The Hall–Kier alpha value is -1.01. The number of alkyl halides is 2. The van der Waals surface area contributed by atoms with Crippen LogP contribution in [0.2, 0.25) is 0 Å². The quantitative estimate of drug-likeness (QED) is 0.525. The van der Waals surface area contributed by atoms with Crippen LogP contribution in [0.5, 0.6) is 0 Å². The lowest BCUT2D eigenvalue weighted by molar-refractivity contribution is 0.244. The van der Waals surface area contributed by atoms with E-state index in [0.717, 1.165) is 18.7 Å². The molecule has 0 saturated heterocycles. The van der Waals surface area contributed by atoms with Crippen molar-refractivity contribution in [2.75, 3.05) is 13.2 Å². The van der Waals surface area contributed by atoms with Crippen LogP contribution in [0.25, 0.3) is 0 Å². The summed E-state index contributed by atoms with van der Waals surface area (Å²) in [4.78, 5) is 0. The normalized spacial score (nSPS) is 10.8. The third kappa shape index (κ3) is 6.66. The van der Waals surface area contributed by atoms with Crippen LogP contribution >= 0.6 is 11.8 Å². The first-order valence-electron chi connectivity index (χ1n) is 5.63. The minimum absolute atomic E-state index is 0.199. The molecule has 0 unspecified atom stereocenters. The van der Waals surface area contributed by atoms with Crippen LogP contribution in [0.1, 0.15) is 17.9 Å². The van der Waals surface area contributed by atoms with E-state index in [1.807, 2.05) is 0 Å². The molecule has 0 fully saturated rings. The fourth-order valence-corrected chi connectivity index (χ4v) is 1.76. The van der Waals surface area contributed by atoms with Crippen LogP contribution in [0.4, 0.5) is 8.78 Å². The molecule has 0 atom stereocenters. The largest absolute Gasteiger partial charge is 0.502 e. The van der Waals surface area contributed by atoms with Crippen LogP contribution in [0.3, 0.4) is 0 Å². The summed E-state index contributed by atoms with van der Waals surface area (Å²) in [5.41, 5.74) is 0. The fourth-order valence-electron chi connectivity index (χ4n) is 1.32. The van der Waals surface area contributed by atoms with Crippen molar-refractivity contribution >= 4 is 11.8 Å². The highest BCUT2D eigenvalue weighted by atomic mass is 32.2. The monoisotopic (exact) mass is 277 g/mol. The molecule has 18 heavy (non-hydrogen) atoms. The van der Waals surface area contributed by atoms with Gasteiger partial charge < -0.3 is 14.5 Å². The second-order valence-electron chi connectivity index (χ2n) is 3.51. The predicted octanol–water partition coefficient (Wildman–Crippen LogP) is 3.38. The molecule has 6 heteroatoms. The van der Waals surface area contributed by atoms with Gasteiger partial charge in [-0.2, -0.15) is 8.78 Å². The molecule has 0 radical (unpaired) electrons. The van der Waals surface area contributed by atoms with Gasteiger partial charge in [0.25, 0.3) is 5.76 Å². The summed E-state index contributed by atoms with van der Waals surface area (Å²) in [6, 6.07) is 3.53. The Bertz CT molecular complexity index is 345. The SMILES string of the molecule is C=COCCCNCc1ccc(CSC(F)F)o1. The van der Waals surface area contributed by atoms with Crippen LogP contribution in [0.15, 0.2) is 29.4 Å². The minimum Gasteiger partial charge on any atom is -0.502 e. The second kappa shape index (κ2) is 8.99. The van der Waals surface area contributed by atoms with Gasteiger partial charge in [-0.3, -0.25) is 0 Å². The highest BCUT2D eigenvalue weighted by molar-refractivity contribution is 7.98. The number of ether oxygens (including phenoxy) is 1. The third-order valence-corrected chi connectivity index (χ3v) is 2.80. The van der Waals surface area contributed by atoms with Crippen LogP contribution in [-0.2, 0) is 17.0 Å². The molecule has 0 aliphatic rings. The Morgan fingerprint density at radius 2 is 2.22 bits per heavy atom. The number of hydrogen-bond donors (Lipinski definition) is 1. The fraction of sp³-hybridized carbons (Fsp3) is 0.500. The van der Waals surface area contributed by atoms with Gasteiger partial charge in [-0.25, -0.2) is 0 Å². The van der Waals surface area contributed by atoms with Crippen LogP contribution in [0, 0.1) is 0 Å². The average Bonchev–Trinajstić information content (AvgIpc) is 2.79. The third-order valence-electron chi connectivity index (χ3n) is 2.10. The van der Waals surface area contributed by atoms with Gasteiger partial charge in [-0.1, -0.05) is 18.3 Å². The van der Waals surface area contributed by atoms with Gasteiger partial charge in [-0.15, -0.1) is 0 Å². The first kappa shape index (κ1) is 15.0. The van der Waals surface area contributed by atoms with E-state index in [1.54, 1.807) is 12.1 Å². The zero-order valence-corrected chi connectivity index (χ0v) is 10.8. The Balaban J connectivity index is 2.13. The number of nitrogens with one attached hydrogen (secondary N) is 1. The number of thioether (sulfide) groups is 1. The molecule has 0 spiro atoms. The van der Waals surface area contributed by atoms with Crippen molar-refractivity contribution in [3.63, 3.8) is 0 Å². The van der Waals surface area contributed by atoms with Gasteiger partial charge in [0, 0.05) is 0 Å². The molecule has 0 saturated carbocycles. The van der Waals surface area contributed by atoms with E-state index in [-0.39, 0.29) is 5.75 Å². The Kier molecular flexibility index (Phi) is 7.52. The van der Waals surface area contributed by atoms with Gasteiger partial charge >= 0.3 is 0 Å². The molecule has 1 aromatic heterocycles. The van der Waals surface area contributed by atoms with Gasteiger partial charge in [0.2, 0.25) is 0 Å². The average molecular weight is 277 g/mol. The summed E-state index contributed by atoms with van der Waals surface area (Å²) in [6.07, 6.45) is 2.29. The molecule has 1 heterocycles. The maximum absolute atomic E-state index is 12.0. The molecule has 1 aromatic rings. The summed E-state index contributed by atoms with van der Waals surface area (Å²) >= 11 is 0.562. The van der Waals surface area contributed by atoms with Crippen molar-refractivity contribution in [3.8, 4) is 0 Å². The Labute approximate surface area is 110 Å². The van der Waals surface area contributed by atoms with E-state index in [9.17, 15) is 8.78 Å². The molecule has 0 amide bonds. The Morgan fingerprint density at radius 1 is 1.44 bits per heavy atom. The molecule has 0 aliphatic heterocycles. The predicted molar refractivity (Wildman–Crippen MR) is 68.5 cm³/mol. The second-order valence-corrected chi connectivity index (χ2v) is 4.49. The van der Waals surface area contributed by atoms with E-state index in [2.05, 4.69) is 11.9 Å². The molecule has 0 bridgehead atoms. The molecular formula is C12H17F2NO2S. The maximum Gasteiger partial charge on any atom is 0.284 e. The molecule has 1 N–H and O–H groups in total. The summed E-state index contributed by atoms with van der Waals surface area (Å²) in [7, 11) is 0. The van der Waals surface area contributed by atoms with Crippen molar-refractivity contribution in [1.29, 1.82) is 0 Å². The van der Waals surface area contributed by atoms with Gasteiger partial charge in [-0.05, 0) is 25.1 Å². The van der Waals surface area contributed by atoms with Gasteiger partial charge in [0.05, 0.1) is 25.2 Å². The zero-order chi connectivity index (χ0) is 13.2. The lowest BCUT2D eigenvalue weighted by Gasteiger charge is -2.02. The topological polar surface area (TPSA) is 34.4 Å². The smallest absolute Gasteiger partial charge is 0.284 e. The summed E-state index contributed by atoms with van der Waals surface area (Å²) < 4.78 is 34.3. The van der Waals surface area contributed by atoms with Crippen molar-refractivity contribution in [1.82, 2.24) is 5.32 Å². The molecule has 0 aliphatic carbocycles. The number of furan rings is 1. The summed E-state index contributed by atoms with van der Waals surface area (Å²) in [5, 5.41) is 3.18. The maximum atomic E-state index is 12.0. The lowest BCUT2D eigenvalue weighted by atomic mass is 10.4. The Morgan fingerprint density at radius 3 is 2.94 bits per heavy atom. The highest BCUT2D eigenvalue weighted by Crippen LogP contribution is 2.21. The molecule has 0 aromatic carbocycles. The van der Waals surface area contributed by atoms with Crippen molar-refractivity contribution < 1.29 is 17.9 Å². The van der Waals surface area contributed by atoms with Crippen LogP contribution < -0.4 is 5.32 Å². The highest BCUT2D eigenvalue weighted by Gasteiger charge is 2.06. The minimum atomic E-state index is -2.36. The van der Waals surface area contributed by atoms with E-state index in [4.69, 9.17) is 9.15 Å². The molecule has 102 valence electrons. The molecular weight excluding hydrogens is 260 g/mol.